The molecule has 1 N–H and O–H groups in total. The molecule has 4 aromatic rings. The first-order valence-electron chi connectivity index (χ1n) is 8.20. The minimum absolute atomic E-state index is 0.276. The summed E-state index contributed by atoms with van der Waals surface area (Å²) >= 11 is 12.2. The average molecular weight is 402 g/mol. The Hall–Kier alpha value is -2.63. The van der Waals surface area contributed by atoms with Crippen molar-refractivity contribution in [1.82, 2.24) is 14.6 Å². The maximum Gasteiger partial charge on any atom is 0.251 e. The first-order chi connectivity index (χ1) is 12.8. The molecule has 0 unspecified atom stereocenters. The molecule has 4 rings (SSSR count). The third kappa shape index (κ3) is 3.03. The van der Waals surface area contributed by atoms with Crippen molar-refractivity contribution in [2.75, 3.05) is 0 Å². The van der Waals surface area contributed by atoms with E-state index < -0.39 is 0 Å². The van der Waals surface area contributed by atoms with Gasteiger partial charge in [-0.1, -0.05) is 29.3 Å². The maximum atomic E-state index is 13.5. The quantitative estimate of drug-likeness (QED) is 0.487. The fraction of sp³-hybridized carbons (Fsp3) is 0.100. The molecular weight excluding hydrogens is 388 g/mol. The van der Waals surface area contributed by atoms with Crippen LogP contribution in [0.1, 0.15) is 11.3 Å². The molecule has 0 aliphatic rings. The molecule has 7 heteroatoms. The van der Waals surface area contributed by atoms with Crippen molar-refractivity contribution in [2.24, 2.45) is 0 Å². The normalized spacial score (nSPS) is 11.3. The Morgan fingerprint density at radius 1 is 1.04 bits per heavy atom. The van der Waals surface area contributed by atoms with Gasteiger partial charge in [0.1, 0.15) is 11.5 Å². The fourth-order valence-electron chi connectivity index (χ4n) is 3.26. The lowest BCUT2D eigenvalue weighted by Gasteiger charge is -2.09. The molecule has 27 heavy (non-hydrogen) atoms. The summed E-state index contributed by atoms with van der Waals surface area (Å²) in [7, 11) is 0. The highest BCUT2D eigenvalue weighted by atomic mass is 35.5. The van der Waals surface area contributed by atoms with Gasteiger partial charge in [-0.3, -0.25) is 4.79 Å². The van der Waals surface area contributed by atoms with E-state index in [-0.39, 0.29) is 11.4 Å². The topological polar surface area (TPSA) is 50.2 Å². The molecule has 0 aliphatic carbocycles. The van der Waals surface area contributed by atoms with Crippen molar-refractivity contribution >= 4 is 28.8 Å². The molecule has 0 fully saturated rings. The van der Waals surface area contributed by atoms with E-state index in [2.05, 4.69) is 10.1 Å². The number of halogens is 3. The summed E-state index contributed by atoms with van der Waals surface area (Å²) in [6.07, 6.45) is 0. The summed E-state index contributed by atoms with van der Waals surface area (Å²) in [6.45, 7) is 3.64. The molecule has 0 aliphatic heterocycles. The summed E-state index contributed by atoms with van der Waals surface area (Å²) in [5.74, 6) is -0.328. The number of nitrogens with zero attached hydrogens (tertiary/aromatic N) is 2. The molecule has 2 heterocycles. The van der Waals surface area contributed by atoms with Gasteiger partial charge in [0, 0.05) is 17.2 Å². The van der Waals surface area contributed by atoms with Crippen LogP contribution in [0.25, 0.3) is 28.0 Å². The van der Waals surface area contributed by atoms with E-state index in [1.807, 2.05) is 13.0 Å². The third-order valence-electron chi connectivity index (χ3n) is 4.47. The number of aryl methyl sites for hydroxylation is 2. The number of hydrogen-bond acceptors (Lipinski definition) is 2. The number of rotatable bonds is 2. The molecule has 136 valence electrons. The van der Waals surface area contributed by atoms with Gasteiger partial charge in [-0.15, -0.1) is 0 Å². The van der Waals surface area contributed by atoms with Gasteiger partial charge in [0.05, 0.1) is 21.4 Å². The Morgan fingerprint density at radius 3 is 2.52 bits per heavy atom. The number of hydrogen-bond donors (Lipinski definition) is 1. The largest absolute Gasteiger partial charge is 0.306 e. The van der Waals surface area contributed by atoms with E-state index >= 15 is 0 Å². The highest BCUT2D eigenvalue weighted by molar-refractivity contribution is 6.42. The molecule has 0 atom stereocenters. The van der Waals surface area contributed by atoms with Crippen LogP contribution in [-0.4, -0.2) is 14.6 Å². The summed E-state index contributed by atoms with van der Waals surface area (Å²) in [5, 5.41) is 5.47. The number of H-pyrrole nitrogens is 1. The Balaban J connectivity index is 2.04. The summed E-state index contributed by atoms with van der Waals surface area (Å²) < 4.78 is 15.2. The van der Waals surface area contributed by atoms with E-state index in [0.29, 0.717) is 26.9 Å². The van der Waals surface area contributed by atoms with Crippen molar-refractivity contribution in [2.45, 2.75) is 13.8 Å². The van der Waals surface area contributed by atoms with E-state index in [9.17, 15) is 9.18 Å². The lowest BCUT2D eigenvalue weighted by molar-refractivity contribution is 0.627. The smallest absolute Gasteiger partial charge is 0.251 e. The monoisotopic (exact) mass is 401 g/mol. The highest BCUT2D eigenvalue weighted by Gasteiger charge is 2.18. The molecule has 0 spiro atoms. The molecule has 0 bridgehead atoms. The number of aromatic nitrogens is 3. The van der Waals surface area contributed by atoms with Gasteiger partial charge in [0.2, 0.25) is 0 Å². The molecule has 2 aromatic heterocycles. The van der Waals surface area contributed by atoms with Gasteiger partial charge in [-0.25, -0.2) is 8.91 Å². The molecule has 2 aromatic carbocycles. The Labute approximate surface area is 164 Å². The Kier molecular flexibility index (Phi) is 4.29. The maximum absolute atomic E-state index is 13.5. The second-order valence-corrected chi connectivity index (χ2v) is 7.14. The summed E-state index contributed by atoms with van der Waals surface area (Å²) in [4.78, 5) is 15.2. The summed E-state index contributed by atoms with van der Waals surface area (Å²) in [5.41, 5.74) is 4.56. The predicted octanol–water partition coefficient (Wildman–Crippen LogP) is 5.42. The number of aromatic amines is 1. The molecule has 0 amide bonds. The fourth-order valence-corrected chi connectivity index (χ4v) is 3.56. The predicted molar refractivity (Wildman–Crippen MR) is 106 cm³/mol. The third-order valence-corrected chi connectivity index (χ3v) is 5.21. The first kappa shape index (κ1) is 17.8. The first-order valence-corrected chi connectivity index (χ1v) is 8.95. The molecule has 0 radical (unpaired) electrons. The van der Waals surface area contributed by atoms with Crippen molar-refractivity contribution in [1.29, 1.82) is 0 Å². The number of nitrogens with one attached hydrogen (secondary N) is 1. The van der Waals surface area contributed by atoms with Crippen LogP contribution in [0, 0.1) is 19.7 Å². The number of fused-ring (bicyclic) bond motifs is 1. The zero-order valence-electron chi connectivity index (χ0n) is 14.5. The van der Waals surface area contributed by atoms with Crippen LogP contribution in [0.15, 0.2) is 47.3 Å². The van der Waals surface area contributed by atoms with Crippen molar-refractivity contribution < 1.29 is 4.39 Å². The minimum atomic E-state index is -0.328. The zero-order chi connectivity index (χ0) is 19.3. The molecule has 4 nitrogen and oxygen atoms in total. The molecule has 0 saturated carbocycles. The standard InChI is InChI=1S/C20H14Cl2FN3O/c1-10-7-13(23)4-5-14(10)17-9-18(27)24-20-19(11(2)25-26(17)20)12-3-6-15(21)16(22)8-12/h3-9H,1-2H3,(H,24,27). The van der Waals surface area contributed by atoms with Crippen molar-refractivity contribution in [3.63, 3.8) is 0 Å². The van der Waals surface area contributed by atoms with Crippen LogP contribution in [0.5, 0.6) is 0 Å². The van der Waals surface area contributed by atoms with E-state index in [1.54, 1.807) is 29.6 Å². The van der Waals surface area contributed by atoms with Crippen LogP contribution in [-0.2, 0) is 0 Å². The van der Waals surface area contributed by atoms with E-state index in [1.165, 1.54) is 18.2 Å². The van der Waals surface area contributed by atoms with Crippen LogP contribution >= 0.6 is 23.2 Å². The zero-order valence-corrected chi connectivity index (χ0v) is 16.0. The molecular formula is C20H14Cl2FN3O. The SMILES string of the molecule is Cc1cc(F)ccc1-c1cc(=O)[nH]c2c(-c3ccc(Cl)c(Cl)c3)c(C)nn12. The van der Waals surface area contributed by atoms with Gasteiger partial charge < -0.3 is 4.98 Å². The minimum Gasteiger partial charge on any atom is -0.306 e. The van der Waals surface area contributed by atoms with Crippen LogP contribution in [0.2, 0.25) is 10.0 Å². The van der Waals surface area contributed by atoms with Crippen LogP contribution < -0.4 is 5.56 Å². The van der Waals surface area contributed by atoms with Gasteiger partial charge in [0.15, 0.2) is 0 Å². The van der Waals surface area contributed by atoms with E-state index in [4.69, 9.17) is 23.2 Å². The van der Waals surface area contributed by atoms with Crippen LogP contribution in [0.3, 0.4) is 0 Å². The van der Waals surface area contributed by atoms with Gasteiger partial charge in [-0.2, -0.15) is 5.10 Å². The van der Waals surface area contributed by atoms with Gasteiger partial charge in [-0.05, 0) is 55.3 Å². The highest BCUT2D eigenvalue weighted by Crippen LogP contribution is 2.33. The van der Waals surface area contributed by atoms with Gasteiger partial charge >= 0.3 is 0 Å². The summed E-state index contributed by atoms with van der Waals surface area (Å²) in [6, 6.07) is 11.2. The Bertz CT molecular complexity index is 1260. The Morgan fingerprint density at radius 2 is 1.81 bits per heavy atom. The average Bonchev–Trinajstić information content (AvgIpc) is 2.93. The number of benzene rings is 2. The van der Waals surface area contributed by atoms with E-state index in [0.717, 1.165) is 22.4 Å². The van der Waals surface area contributed by atoms with Crippen LogP contribution in [0.4, 0.5) is 4.39 Å². The lowest BCUT2D eigenvalue weighted by atomic mass is 10.0. The second kappa shape index (κ2) is 6.51. The van der Waals surface area contributed by atoms with Crippen molar-refractivity contribution in [3.05, 3.63) is 79.9 Å². The molecule has 0 saturated heterocycles. The van der Waals surface area contributed by atoms with Crippen molar-refractivity contribution in [3.8, 4) is 22.4 Å². The second-order valence-electron chi connectivity index (χ2n) is 6.33. The lowest BCUT2D eigenvalue weighted by Crippen LogP contribution is -2.10. The van der Waals surface area contributed by atoms with Gasteiger partial charge in [0.25, 0.3) is 5.56 Å².